The lowest BCUT2D eigenvalue weighted by Gasteiger charge is -2.19. The number of hydrogen-bond acceptors (Lipinski definition) is 5. The molecule has 0 unspecified atom stereocenters. The van der Waals surface area contributed by atoms with Crippen LogP contribution in [0.5, 0.6) is 17.6 Å². The highest BCUT2D eigenvalue weighted by molar-refractivity contribution is 5.84. The standard InChI is InChI=1S/C25H22N4O2/c1-25(2,3)17-4-6-18(7-5-17)29-13-11-16-14-19(8-9-22(16)29)31-24-27-21-15-26-12-10-20(21)23(30)28-24/h4-15H,1-3H3,(H,27,28,30). The summed E-state index contributed by atoms with van der Waals surface area (Å²) in [6.45, 7) is 6.64. The van der Waals surface area contributed by atoms with Crippen LogP contribution < -0.4 is 4.74 Å². The lowest BCUT2D eigenvalue weighted by molar-refractivity contribution is 0.412. The summed E-state index contributed by atoms with van der Waals surface area (Å²) in [4.78, 5) is 12.4. The first kappa shape index (κ1) is 19.1. The molecule has 3 heterocycles. The summed E-state index contributed by atoms with van der Waals surface area (Å²) in [5, 5.41) is 11.7. The highest BCUT2D eigenvalue weighted by Crippen LogP contribution is 2.30. The third kappa shape index (κ3) is 3.57. The quantitative estimate of drug-likeness (QED) is 0.409. The second-order valence-corrected chi connectivity index (χ2v) is 8.53. The number of hydrogen-bond donors (Lipinski definition) is 1. The number of fused-ring (bicyclic) bond motifs is 2. The molecule has 0 radical (unpaired) electrons. The van der Waals surface area contributed by atoms with Gasteiger partial charge in [0.25, 0.3) is 0 Å². The first-order chi connectivity index (χ1) is 14.9. The highest BCUT2D eigenvalue weighted by Gasteiger charge is 2.14. The molecule has 0 aliphatic heterocycles. The van der Waals surface area contributed by atoms with Crippen molar-refractivity contribution in [2.75, 3.05) is 0 Å². The average molecular weight is 410 g/mol. The lowest BCUT2D eigenvalue weighted by atomic mass is 9.87. The van der Waals surface area contributed by atoms with E-state index in [-0.39, 0.29) is 17.3 Å². The minimum atomic E-state index is -0.131. The molecule has 2 aromatic carbocycles. The minimum absolute atomic E-state index is 0.0783. The summed E-state index contributed by atoms with van der Waals surface area (Å²) in [5.74, 6) is 0.462. The SMILES string of the molecule is CC(C)(C)c1ccc(-n2ccc3cc(Oc4nc(O)c5ccncc5n4)ccc32)cc1. The zero-order valence-electron chi connectivity index (χ0n) is 17.6. The Labute approximate surface area is 179 Å². The van der Waals surface area contributed by atoms with E-state index in [4.69, 9.17) is 4.74 Å². The van der Waals surface area contributed by atoms with Crippen LogP contribution in [0.3, 0.4) is 0 Å². The summed E-state index contributed by atoms with van der Waals surface area (Å²) in [6, 6.07) is 18.2. The van der Waals surface area contributed by atoms with E-state index in [1.54, 1.807) is 18.5 Å². The Morgan fingerprint density at radius 1 is 0.935 bits per heavy atom. The Bertz CT molecular complexity index is 1400. The molecule has 0 saturated carbocycles. The third-order valence-electron chi connectivity index (χ3n) is 5.34. The molecule has 6 nitrogen and oxygen atoms in total. The molecule has 0 spiro atoms. The van der Waals surface area contributed by atoms with Gasteiger partial charge in [-0.25, -0.2) is 0 Å². The molecular formula is C25H22N4O2. The van der Waals surface area contributed by atoms with E-state index >= 15 is 0 Å². The Morgan fingerprint density at radius 2 is 1.74 bits per heavy atom. The highest BCUT2D eigenvalue weighted by atomic mass is 16.5. The second kappa shape index (κ2) is 7.09. The van der Waals surface area contributed by atoms with Crippen molar-refractivity contribution in [3.63, 3.8) is 0 Å². The fraction of sp³-hybridized carbons (Fsp3) is 0.160. The van der Waals surface area contributed by atoms with Crippen LogP contribution in [-0.4, -0.2) is 24.6 Å². The van der Waals surface area contributed by atoms with E-state index in [9.17, 15) is 5.11 Å². The fourth-order valence-corrected chi connectivity index (χ4v) is 3.63. The van der Waals surface area contributed by atoms with E-state index < -0.39 is 0 Å². The molecule has 0 fully saturated rings. The molecule has 3 aromatic heterocycles. The zero-order chi connectivity index (χ0) is 21.6. The van der Waals surface area contributed by atoms with Crippen LogP contribution in [-0.2, 0) is 5.41 Å². The van der Waals surface area contributed by atoms with Crippen molar-refractivity contribution in [1.29, 1.82) is 0 Å². The summed E-state index contributed by atoms with van der Waals surface area (Å²) in [5.41, 5.74) is 4.13. The number of ether oxygens (including phenoxy) is 1. The van der Waals surface area contributed by atoms with Gasteiger partial charge in [0.15, 0.2) is 0 Å². The first-order valence-corrected chi connectivity index (χ1v) is 10.1. The van der Waals surface area contributed by atoms with Gasteiger partial charge in [0.1, 0.15) is 5.75 Å². The van der Waals surface area contributed by atoms with Crippen molar-refractivity contribution < 1.29 is 9.84 Å². The maximum atomic E-state index is 10.1. The van der Waals surface area contributed by atoms with Crippen LogP contribution in [0, 0.1) is 0 Å². The van der Waals surface area contributed by atoms with Crippen molar-refractivity contribution >= 4 is 21.8 Å². The predicted octanol–water partition coefficient (Wildman–Crippen LogP) is 5.76. The van der Waals surface area contributed by atoms with Crippen LogP contribution >= 0.6 is 0 Å². The Balaban J connectivity index is 1.46. The number of aromatic hydroxyl groups is 1. The monoisotopic (exact) mass is 410 g/mol. The zero-order valence-corrected chi connectivity index (χ0v) is 17.6. The van der Waals surface area contributed by atoms with Gasteiger partial charge in [-0.15, -0.1) is 0 Å². The summed E-state index contributed by atoms with van der Waals surface area (Å²) in [6.07, 6.45) is 5.20. The van der Waals surface area contributed by atoms with Gasteiger partial charge in [-0.2, -0.15) is 9.97 Å². The summed E-state index contributed by atoms with van der Waals surface area (Å²) in [7, 11) is 0. The molecule has 0 bridgehead atoms. The molecule has 0 aliphatic carbocycles. The molecular weight excluding hydrogens is 388 g/mol. The average Bonchev–Trinajstić information content (AvgIpc) is 3.16. The predicted molar refractivity (Wildman–Crippen MR) is 121 cm³/mol. The largest absolute Gasteiger partial charge is 0.493 e. The van der Waals surface area contributed by atoms with Crippen molar-refractivity contribution in [3.05, 3.63) is 78.8 Å². The molecule has 1 N–H and O–H groups in total. The minimum Gasteiger partial charge on any atom is -0.493 e. The Kier molecular flexibility index (Phi) is 4.36. The molecule has 5 rings (SSSR count). The van der Waals surface area contributed by atoms with Gasteiger partial charge in [-0.05, 0) is 53.4 Å². The maximum absolute atomic E-state index is 10.1. The molecule has 5 aromatic rings. The molecule has 154 valence electrons. The van der Waals surface area contributed by atoms with E-state index in [2.05, 4.69) is 64.6 Å². The van der Waals surface area contributed by atoms with Gasteiger partial charge in [-0.3, -0.25) is 4.98 Å². The molecule has 6 heteroatoms. The molecule has 0 saturated heterocycles. The van der Waals surface area contributed by atoms with Gasteiger partial charge in [0.05, 0.1) is 22.6 Å². The van der Waals surface area contributed by atoms with Gasteiger partial charge < -0.3 is 14.4 Å². The van der Waals surface area contributed by atoms with Crippen molar-refractivity contribution in [2.45, 2.75) is 26.2 Å². The van der Waals surface area contributed by atoms with Crippen LogP contribution in [0.2, 0.25) is 0 Å². The third-order valence-corrected chi connectivity index (χ3v) is 5.34. The van der Waals surface area contributed by atoms with Crippen LogP contribution in [0.4, 0.5) is 0 Å². The maximum Gasteiger partial charge on any atom is 0.325 e. The lowest BCUT2D eigenvalue weighted by Crippen LogP contribution is -2.10. The normalized spacial score (nSPS) is 11.8. The van der Waals surface area contributed by atoms with Gasteiger partial charge >= 0.3 is 6.01 Å². The van der Waals surface area contributed by atoms with Crippen molar-refractivity contribution in [3.8, 4) is 23.3 Å². The number of nitrogens with zero attached hydrogens (tertiary/aromatic N) is 4. The molecule has 0 amide bonds. The van der Waals surface area contributed by atoms with E-state index in [0.717, 1.165) is 16.6 Å². The Morgan fingerprint density at radius 3 is 2.52 bits per heavy atom. The number of benzene rings is 2. The number of rotatable bonds is 3. The topological polar surface area (TPSA) is 73.1 Å². The van der Waals surface area contributed by atoms with Crippen molar-refractivity contribution in [2.24, 2.45) is 0 Å². The van der Waals surface area contributed by atoms with Crippen LogP contribution in [0.1, 0.15) is 26.3 Å². The van der Waals surface area contributed by atoms with E-state index in [1.807, 2.05) is 30.5 Å². The summed E-state index contributed by atoms with van der Waals surface area (Å²) >= 11 is 0. The summed E-state index contributed by atoms with van der Waals surface area (Å²) < 4.78 is 7.97. The fourth-order valence-electron chi connectivity index (χ4n) is 3.63. The van der Waals surface area contributed by atoms with E-state index in [1.165, 1.54) is 5.56 Å². The number of pyridine rings is 1. The number of aromatic nitrogens is 4. The second-order valence-electron chi connectivity index (χ2n) is 8.53. The van der Waals surface area contributed by atoms with Crippen LogP contribution in [0.15, 0.2) is 73.2 Å². The van der Waals surface area contributed by atoms with Gasteiger partial charge in [0.2, 0.25) is 5.88 Å². The van der Waals surface area contributed by atoms with Crippen LogP contribution in [0.25, 0.3) is 27.5 Å². The molecule has 31 heavy (non-hydrogen) atoms. The first-order valence-electron chi connectivity index (χ1n) is 10.1. The van der Waals surface area contributed by atoms with Gasteiger partial charge in [-0.1, -0.05) is 32.9 Å². The van der Waals surface area contributed by atoms with Crippen molar-refractivity contribution in [1.82, 2.24) is 19.5 Å². The molecule has 0 atom stereocenters. The molecule has 0 aliphatic rings. The van der Waals surface area contributed by atoms with Gasteiger partial charge in [0, 0.05) is 23.5 Å². The smallest absolute Gasteiger partial charge is 0.325 e. The Hall–Kier alpha value is -3.93. The van der Waals surface area contributed by atoms with E-state index in [0.29, 0.717) is 16.7 Å².